The van der Waals surface area contributed by atoms with Crippen LogP contribution in [0.4, 0.5) is 0 Å². The molecule has 7 nitrogen and oxygen atoms in total. The number of H-pyrrole nitrogens is 1. The number of fused-ring (bicyclic) bond motifs is 1. The number of para-hydroxylation sites is 2. The lowest BCUT2D eigenvalue weighted by Crippen LogP contribution is -2.36. The topological polar surface area (TPSA) is 96.1 Å². The normalized spacial score (nSPS) is 10.8. The minimum atomic E-state index is -0.315. The zero-order valence-corrected chi connectivity index (χ0v) is 15.3. The first kappa shape index (κ1) is 18.4. The highest BCUT2D eigenvalue weighted by Crippen LogP contribution is 2.13. The third kappa shape index (κ3) is 5.07. The van der Waals surface area contributed by atoms with Crippen LogP contribution in [0.1, 0.15) is 30.0 Å². The van der Waals surface area contributed by atoms with Crippen LogP contribution >= 0.6 is 0 Å². The Morgan fingerprint density at radius 1 is 1.07 bits per heavy atom. The Bertz CT molecular complexity index is 899. The second-order valence-corrected chi connectivity index (χ2v) is 6.35. The van der Waals surface area contributed by atoms with Gasteiger partial charge in [0.1, 0.15) is 11.6 Å². The van der Waals surface area contributed by atoms with E-state index in [-0.39, 0.29) is 31.0 Å². The summed E-state index contributed by atoms with van der Waals surface area (Å²) in [4.78, 5) is 31.6. The average molecular weight is 366 g/mol. The zero-order valence-electron chi connectivity index (χ0n) is 15.3. The summed E-state index contributed by atoms with van der Waals surface area (Å²) in [5, 5.41) is 5.33. The van der Waals surface area contributed by atoms with E-state index >= 15 is 0 Å². The lowest BCUT2D eigenvalue weighted by molar-refractivity contribution is -0.120. The molecule has 0 aliphatic rings. The minimum Gasteiger partial charge on any atom is -0.491 e. The molecule has 1 aromatic heterocycles. The number of nitrogens with one attached hydrogen (secondary N) is 3. The third-order valence-corrected chi connectivity index (χ3v) is 3.79. The largest absolute Gasteiger partial charge is 0.491 e. The van der Waals surface area contributed by atoms with Crippen molar-refractivity contribution in [3.8, 4) is 5.75 Å². The first-order valence-electron chi connectivity index (χ1n) is 8.76. The van der Waals surface area contributed by atoms with Crippen molar-refractivity contribution in [2.45, 2.75) is 26.5 Å². The quantitative estimate of drug-likeness (QED) is 0.598. The molecule has 7 heteroatoms. The van der Waals surface area contributed by atoms with Crippen molar-refractivity contribution in [2.24, 2.45) is 0 Å². The number of aromatic nitrogens is 2. The maximum absolute atomic E-state index is 12.1. The molecule has 0 radical (unpaired) electrons. The molecule has 3 N–H and O–H groups in total. The van der Waals surface area contributed by atoms with E-state index in [0.717, 1.165) is 11.0 Å². The smallest absolute Gasteiger partial charge is 0.251 e. The summed E-state index contributed by atoms with van der Waals surface area (Å²) in [7, 11) is 0. The van der Waals surface area contributed by atoms with Crippen molar-refractivity contribution < 1.29 is 14.3 Å². The van der Waals surface area contributed by atoms with Crippen LogP contribution in [-0.4, -0.2) is 34.4 Å². The summed E-state index contributed by atoms with van der Waals surface area (Å²) in [5.74, 6) is 0.760. The lowest BCUT2D eigenvalue weighted by Gasteiger charge is -2.10. The van der Waals surface area contributed by atoms with Gasteiger partial charge in [-0.1, -0.05) is 12.1 Å². The number of benzene rings is 2. The fourth-order valence-electron chi connectivity index (χ4n) is 2.55. The first-order chi connectivity index (χ1) is 13.0. The van der Waals surface area contributed by atoms with Gasteiger partial charge in [-0.2, -0.15) is 0 Å². The van der Waals surface area contributed by atoms with Crippen molar-refractivity contribution in [3.63, 3.8) is 0 Å². The van der Waals surface area contributed by atoms with Crippen molar-refractivity contribution >= 4 is 22.8 Å². The Morgan fingerprint density at radius 3 is 2.52 bits per heavy atom. The lowest BCUT2D eigenvalue weighted by atomic mass is 10.2. The molecule has 0 bridgehead atoms. The van der Waals surface area contributed by atoms with E-state index in [9.17, 15) is 9.59 Å². The Morgan fingerprint density at radius 2 is 1.81 bits per heavy atom. The van der Waals surface area contributed by atoms with Gasteiger partial charge in [-0.05, 0) is 50.2 Å². The summed E-state index contributed by atoms with van der Waals surface area (Å²) in [6.45, 7) is 4.03. The second-order valence-electron chi connectivity index (χ2n) is 6.35. The van der Waals surface area contributed by atoms with Gasteiger partial charge in [0.25, 0.3) is 5.91 Å². The summed E-state index contributed by atoms with van der Waals surface area (Å²) in [5.41, 5.74) is 2.23. The molecular formula is C20H22N4O3. The molecule has 3 aromatic rings. The predicted octanol–water partition coefficient (Wildman–Crippen LogP) is 2.40. The molecule has 0 saturated carbocycles. The van der Waals surface area contributed by atoms with E-state index in [1.54, 1.807) is 24.3 Å². The van der Waals surface area contributed by atoms with Gasteiger partial charge in [0, 0.05) is 5.56 Å². The monoisotopic (exact) mass is 366 g/mol. The number of imidazole rings is 1. The molecule has 140 valence electrons. The van der Waals surface area contributed by atoms with E-state index in [1.807, 2.05) is 38.1 Å². The van der Waals surface area contributed by atoms with E-state index in [4.69, 9.17) is 4.74 Å². The molecule has 27 heavy (non-hydrogen) atoms. The zero-order chi connectivity index (χ0) is 19.2. The van der Waals surface area contributed by atoms with Gasteiger partial charge in [0.15, 0.2) is 0 Å². The predicted molar refractivity (Wildman–Crippen MR) is 102 cm³/mol. The summed E-state index contributed by atoms with van der Waals surface area (Å²) < 4.78 is 5.54. The van der Waals surface area contributed by atoms with Gasteiger partial charge >= 0.3 is 0 Å². The van der Waals surface area contributed by atoms with E-state index < -0.39 is 0 Å². The number of hydrogen-bond donors (Lipinski definition) is 3. The number of carbonyl (C=O) groups excluding carboxylic acids is 2. The van der Waals surface area contributed by atoms with Crippen LogP contribution in [0.5, 0.6) is 5.75 Å². The minimum absolute atomic E-state index is 0.0696. The van der Waals surface area contributed by atoms with Gasteiger partial charge in [-0.25, -0.2) is 4.98 Å². The maximum atomic E-state index is 12.1. The SMILES string of the molecule is CC(C)Oc1ccc(C(=O)NCC(=O)NCc2nc3ccccc3[nH]2)cc1. The van der Waals surface area contributed by atoms with Crippen LogP contribution in [0.25, 0.3) is 11.0 Å². The van der Waals surface area contributed by atoms with Gasteiger partial charge in [-0.3, -0.25) is 9.59 Å². The number of carbonyl (C=O) groups is 2. The Balaban J connectivity index is 1.46. The van der Waals surface area contributed by atoms with Crippen molar-refractivity contribution in [2.75, 3.05) is 6.54 Å². The molecule has 0 aliphatic heterocycles. The standard InChI is InChI=1S/C20H22N4O3/c1-13(2)27-15-9-7-14(8-10-15)20(26)22-12-19(25)21-11-18-23-16-5-3-4-6-17(16)24-18/h3-10,13H,11-12H2,1-2H3,(H,21,25)(H,22,26)(H,23,24). The average Bonchev–Trinajstić information content (AvgIpc) is 3.07. The summed E-state index contributed by atoms with van der Waals surface area (Å²) in [6.07, 6.45) is 0.0696. The Hall–Kier alpha value is -3.35. The van der Waals surface area contributed by atoms with E-state index in [1.165, 1.54) is 0 Å². The number of ether oxygens (including phenoxy) is 1. The molecule has 0 spiro atoms. The molecule has 0 unspecified atom stereocenters. The molecule has 2 amide bonds. The third-order valence-electron chi connectivity index (χ3n) is 3.79. The van der Waals surface area contributed by atoms with Gasteiger partial charge < -0.3 is 20.4 Å². The van der Waals surface area contributed by atoms with Crippen LogP contribution in [-0.2, 0) is 11.3 Å². The summed E-state index contributed by atoms with van der Waals surface area (Å²) >= 11 is 0. The second kappa shape index (κ2) is 8.35. The van der Waals surface area contributed by atoms with E-state index in [0.29, 0.717) is 17.1 Å². The molecule has 1 heterocycles. The van der Waals surface area contributed by atoms with Crippen LogP contribution in [0.3, 0.4) is 0 Å². The molecular weight excluding hydrogens is 344 g/mol. The van der Waals surface area contributed by atoms with Crippen molar-refractivity contribution in [1.82, 2.24) is 20.6 Å². The molecule has 0 atom stereocenters. The van der Waals surface area contributed by atoms with E-state index in [2.05, 4.69) is 20.6 Å². The molecule has 2 aromatic carbocycles. The van der Waals surface area contributed by atoms with Gasteiger partial charge in [0.2, 0.25) is 5.91 Å². The molecule has 0 aliphatic carbocycles. The highest BCUT2D eigenvalue weighted by atomic mass is 16.5. The van der Waals surface area contributed by atoms with Gasteiger partial charge in [0.05, 0.1) is 30.2 Å². The Labute approximate surface area is 157 Å². The molecule has 3 rings (SSSR count). The fourth-order valence-corrected chi connectivity index (χ4v) is 2.55. The van der Waals surface area contributed by atoms with Gasteiger partial charge in [-0.15, -0.1) is 0 Å². The number of rotatable bonds is 7. The molecule has 0 saturated heterocycles. The van der Waals surface area contributed by atoms with Crippen LogP contribution in [0.2, 0.25) is 0 Å². The fraction of sp³-hybridized carbons (Fsp3) is 0.250. The highest BCUT2D eigenvalue weighted by Gasteiger charge is 2.09. The van der Waals surface area contributed by atoms with Crippen LogP contribution in [0, 0.1) is 0 Å². The van der Waals surface area contributed by atoms with Crippen molar-refractivity contribution in [1.29, 1.82) is 0 Å². The maximum Gasteiger partial charge on any atom is 0.251 e. The number of hydrogen-bond acceptors (Lipinski definition) is 4. The number of amides is 2. The first-order valence-corrected chi connectivity index (χ1v) is 8.76. The Kier molecular flexibility index (Phi) is 5.71. The number of aromatic amines is 1. The highest BCUT2D eigenvalue weighted by molar-refractivity contribution is 5.96. The summed E-state index contributed by atoms with van der Waals surface area (Å²) in [6, 6.07) is 14.4. The number of nitrogens with zero attached hydrogens (tertiary/aromatic N) is 1. The van der Waals surface area contributed by atoms with Crippen LogP contribution < -0.4 is 15.4 Å². The van der Waals surface area contributed by atoms with Crippen LogP contribution in [0.15, 0.2) is 48.5 Å². The molecule has 0 fully saturated rings. The van der Waals surface area contributed by atoms with Crippen molar-refractivity contribution in [3.05, 3.63) is 59.9 Å².